The number of aliphatic hydroxyl groups is 1. The summed E-state index contributed by atoms with van der Waals surface area (Å²) in [7, 11) is 0. The number of rotatable bonds is 16. The molecule has 288 valence electrons. The Labute approximate surface area is 318 Å². The molecule has 5 aromatic rings. The highest BCUT2D eigenvalue weighted by Gasteiger charge is 2.37. The van der Waals surface area contributed by atoms with E-state index in [2.05, 4.69) is 20.5 Å². The standard InChI is InChI=1S/C42H46N4O9/c47-34-14-12-32(33-13-16-38(49)44-40(33)34)35(48)24-43-19-4-5-22-52-41(50)36-15-11-31(54-36)26-53-30-10-6-9-29(23-30)39(28-7-2-1-3-8-28)45-42(51)55-37-25-46-20-17-27(37)18-21-46/h1-3,6-16,23,27,35,37,39,43,47-48H,4-5,17-22,24-26H2,(H,44,49)(H,45,51). The molecule has 2 aromatic heterocycles. The van der Waals surface area contributed by atoms with Gasteiger partial charge in [0.05, 0.1) is 24.3 Å². The minimum atomic E-state index is -0.855. The van der Waals surface area contributed by atoms with Crippen LogP contribution in [-0.2, 0) is 16.1 Å². The summed E-state index contributed by atoms with van der Waals surface area (Å²) in [6, 6.07) is 26.0. The number of aromatic amines is 1. The number of ether oxygens (including phenoxy) is 3. The highest BCUT2D eigenvalue weighted by molar-refractivity contribution is 5.87. The lowest BCUT2D eigenvalue weighted by atomic mass is 9.86. The van der Waals surface area contributed by atoms with Crippen LogP contribution in [0.25, 0.3) is 10.9 Å². The van der Waals surface area contributed by atoms with Gasteiger partial charge >= 0.3 is 12.1 Å². The number of carbonyl (C=O) groups is 2. The Kier molecular flexibility index (Phi) is 12.1. The number of H-pyrrole nitrogens is 1. The van der Waals surface area contributed by atoms with E-state index >= 15 is 0 Å². The van der Waals surface area contributed by atoms with E-state index in [0.29, 0.717) is 47.8 Å². The molecule has 5 N–H and O–H groups in total. The third-order valence-corrected chi connectivity index (χ3v) is 10.3. The van der Waals surface area contributed by atoms with Gasteiger partial charge in [0.25, 0.3) is 0 Å². The van der Waals surface area contributed by atoms with Gasteiger partial charge in [0.2, 0.25) is 11.3 Å². The van der Waals surface area contributed by atoms with Crippen LogP contribution in [0.2, 0.25) is 0 Å². The maximum atomic E-state index is 13.2. The summed E-state index contributed by atoms with van der Waals surface area (Å²) in [4.78, 5) is 42.4. The van der Waals surface area contributed by atoms with Crippen molar-refractivity contribution in [2.24, 2.45) is 5.92 Å². The van der Waals surface area contributed by atoms with Crippen molar-refractivity contribution in [2.45, 2.75) is 50.5 Å². The van der Waals surface area contributed by atoms with Crippen LogP contribution >= 0.6 is 0 Å². The summed E-state index contributed by atoms with van der Waals surface area (Å²) in [6.07, 6.45) is 2.01. The number of fused-ring (bicyclic) bond motifs is 4. The first-order valence-corrected chi connectivity index (χ1v) is 18.8. The first-order valence-electron chi connectivity index (χ1n) is 18.8. The van der Waals surface area contributed by atoms with E-state index in [1.54, 1.807) is 24.3 Å². The molecule has 0 radical (unpaired) electrons. The number of esters is 1. The number of furan rings is 1. The molecule has 13 heteroatoms. The molecule has 2 bridgehead atoms. The first-order chi connectivity index (χ1) is 26.8. The highest BCUT2D eigenvalue weighted by atomic mass is 16.6. The molecule has 3 fully saturated rings. The monoisotopic (exact) mass is 750 g/mol. The van der Waals surface area contributed by atoms with Crippen molar-refractivity contribution in [1.82, 2.24) is 20.5 Å². The van der Waals surface area contributed by atoms with Crippen LogP contribution in [0.4, 0.5) is 4.79 Å². The molecule has 0 spiro atoms. The summed E-state index contributed by atoms with van der Waals surface area (Å²) in [6.45, 7) is 4.04. The molecule has 3 aromatic carbocycles. The van der Waals surface area contributed by atoms with Gasteiger partial charge in [-0.05, 0) is 104 Å². The topological polar surface area (TPSA) is 176 Å². The number of pyridine rings is 1. The number of phenolic OH excluding ortho intramolecular Hbond substituents is 1. The Balaban J connectivity index is 0.849. The largest absolute Gasteiger partial charge is 0.506 e. The van der Waals surface area contributed by atoms with E-state index in [1.165, 1.54) is 12.1 Å². The van der Waals surface area contributed by atoms with Crippen LogP contribution < -0.4 is 20.9 Å². The van der Waals surface area contributed by atoms with Gasteiger partial charge in [-0.15, -0.1) is 0 Å². The second kappa shape index (κ2) is 17.7. The smallest absolute Gasteiger partial charge is 0.408 e. The molecule has 55 heavy (non-hydrogen) atoms. The SMILES string of the molecule is O=C(NC(c1ccccc1)c1cccc(OCc2ccc(C(=O)OCCCCNCC(O)c3ccc(O)c4[nH]c(=O)ccc34)o2)c1)OC1CN2CCC1CC2. The molecular weight excluding hydrogens is 704 g/mol. The molecule has 3 atom stereocenters. The zero-order valence-corrected chi connectivity index (χ0v) is 30.4. The maximum absolute atomic E-state index is 13.2. The quantitative estimate of drug-likeness (QED) is 0.0630. The van der Waals surface area contributed by atoms with Gasteiger partial charge in [-0.2, -0.15) is 0 Å². The number of amides is 1. The number of unbranched alkanes of at least 4 members (excludes halogenated alkanes) is 1. The number of aromatic nitrogens is 1. The van der Waals surface area contributed by atoms with Gasteiger partial charge in [0.15, 0.2) is 0 Å². The van der Waals surface area contributed by atoms with E-state index in [1.807, 2.05) is 54.6 Å². The number of alkyl carbamates (subject to hydrolysis) is 1. The Morgan fingerprint density at radius 3 is 2.56 bits per heavy atom. The Bertz CT molecular complexity index is 2130. The summed E-state index contributed by atoms with van der Waals surface area (Å²) in [5.41, 5.74) is 2.27. The first kappa shape index (κ1) is 37.7. The fraction of sp³-hybridized carbons (Fsp3) is 0.357. The van der Waals surface area contributed by atoms with Gasteiger partial charge in [0, 0.05) is 24.5 Å². The summed E-state index contributed by atoms with van der Waals surface area (Å²) < 4.78 is 23.1. The van der Waals surface area contributed by atoms with Crippen molar-refractivity contribution in [3.05, 3.63) is 130 Å². The molecule has 0 saturated carbocycles. The number of benzene rings is 3. The Morgan fingerprint density at radius 2 is 1.76 bits per heavy atom. The average molecular weight is 751 g/mol. The van der Waals surface area contributed by atoms with Gasteiger partial charge in [0.1, 0.15) is 30.0 Å². The van der Waals surface area contributed by atoms with E-state index in [-0.39, 0.29) is 48.4 Å². The fourth-order valence-electron chi connectivity index (χ4n) is 7.33. The van der Waals surface area contributed by atoms with Crippen molar-refractivity contribution in [1.29, 1.82) is 0 Å². The third-order valence-electron chi connectivity index (χ3n) is 10.3. The minimum Gasteiger partial charge on any atom is -0.506 e. The number of hydrogen-bond donors (Lipinski definition) is 5. The molecule has 0 aliphatic carbocycles. The summed E-state index contributed by atoms with van der Waals surface area (Å²) in [5.74, 6) is 0.868. The van der Waals surface area contributed by atoms with E-state index in [9.17, 15) is 24.6 Å². The molecule has 5 heterocycles. The maximum Gasteiger partial charge on any atom is 0.408 e. The molecule has 13 nitrogen and oxygen atoms in total. The average Bonchev–Trinajstić information content (AvgIpc) is 3.69. The van der Waals surface area contributed by atoms with Crippen molar-refractivity contribution in [3.8, 4) is 11.5 Å². The summed E-state index contributed by atoms with van der Waals surface area (Å²) in [5, 5.41) is 27.6. The predicted molar refractivity (Wildman–Crippen MR) is 204 cm³/mol. The number of nitrogens with one attached hydrogen (secondary N) is 3. The zero-order valence-electron chi connectivity index (χ0n) is 30.4. The number of piperidine rings is 3. The lowest BCUT2D eigenvalue weighted by Gasteiger charge is -2.43. The Hall–Kier alpha value is -5.63. The fourth-order valence-corrected chi connectivity index (χ4v) is 7.33. The van der Waals surface area contributed by atoms with Crippen molar-refractivity contribution >= 4 is 23.0 Å². The third kappa shape index (κ3) is 9.55. The normalized spacial score (nSPS) is 18.7. The molecule has 8 rings (SSSR count). The van der Waals surface area contributed by atoms with Crippen LogP contribution in [0.15, 0.2) is 100 Å². The van der Waals surface area contributed by atoms with Crippen LogP contribution in [-0.4, -0.2) is 77.6 Å². The lowest BCUT2D eigenvalue weighted by Crippen LogP contribution is -2.52. The van der Waals surface area contributed by atoms with Crippen molar-refractivity contribution in [2.75, 3.05) is 39.3 Å². The number of hydrogen-bond acceptors (Lipinski definition) is 11. The lowest BCUT2D eigenvalue weighted by molar-refractivity contribution is -0.0336. The highest BCUT2D eigenvalue weighted by Crippen LogP contribution is 2.31. The number of aromatic hydroxyl groups is 1. The van der Waals surface area contributed by atoms with Crippen LogP contribution in [0, 0.1) is 5.92 Å². The number of nitrogens with zero attached hydrogens (tertiary/aromatic N) is 1. The Morgan fingerprint density at radius 1 is 0.945 bits per heavy atom. The van der Waals surface area contributed by atoms with Crippen LogP contribution in [0.5, 0.6) is 11.5 Å². The molecular formula is C42H46N4O9. The number of aliphatic hydroxyl groups excluding tert-OH is 1. The van der Waals surface area contributed by atoms with E-state index in [4.69, 9.17) is 18.6 Å². The minimum absolute atomic E-state index is 0.0614. The van der Waals surface area contributed by atoms with Crippen molar-refractivity contribution < 1.29 is 38.4 Å². The van der Waals surface area contributed by atoms with Gasteiger partial charge in [-0.3, -0.25) is 9.69 Å². The van der Waals surface area contributed by atoms with Gasteiger partial charge in [-0.25, -0.2) is 9.59 Å². The molecule has 1 amide bonds. The molecule has 3 saturated heterocycles. The zero-order chi connectivity index (χ0) is 38.1. The number of carbonyl (C=O) groups excluding carboxylic acids is 2. The molecule has 3 aliphatic heterocycles. The van der Waals surface area contributed by atoms with E-state index in [0.717, 1.165) is 43.6 Å². The number of phenols is 1. The second-order valence-electron chi connectivity index (χ2n) is 14.0. The molecule has 3 aliphatic rings. The van der Waals surface area contributed by atoms with Gasteiger partial charge in [-0.1, -0.05) is 48.5 Å². The van der Waals surface area contributed by atoms with E-state index < -0.39 is 24.2 Å². The van der Waals surface area contributed by atoms with Crippen molar-refractivity contribution in [3.63, 3.8) is 0 Å². The van der Waals surface area contributed by atoms with Crippen LogP contribution in [0.3, 0.4) is 0 Å². The van der Waals surface area contributed by atoms with Gasteiger partial charge < -0.3 is 44.5 Å². The van der Waals surface area contributed by atoms with Crippen LogP contribution in [0.1, 0.15) is 70.8 Å². The summed E-state index contributed by atoms with van der Waals surface area (Å²) >= 11 is 0. The second-order valence-corrected chi connectivity index (χ2v) is 14.0. The molecule has 3 unspecified atom stereocenters. The predicted octanol–water partition coefficient (Wildman–Crippen LogP) is 5.58.